The van der Waals surface area contributed by atoms with Crippen LogP contribution in [0, 0.1) is 20.9 Å². The van der Waals surface area contributed by atoms with Crippen LogP contribution >= 0.6 is 0 Å². The first-order chi connectivity index (χ1) is 29.5. The molecule has 2 N–H and O–H groups in total. The van der Waals surface area contributed by atoms with Crippen molar-refractivity contribution in [2.45, 2.75) is 91.3 Å². The zero-order valence-electron chi connectivity index (χ0n) is 37.0. The molecule has 0 radical (unpaired) electrons. The number of ether oxygens (including phenoxy) is 5. The summed E-state index contributed by atoms with van der Waals surface area (Å²) in [5.74, 6) is -0.716. The van der Waals surface area contributed by atoms with Gasteiger partial charge in [0.25, 0.3) is 11.0 Å². The Hall–Kier alpha value is -5.29. The highest BCUT2D eigenvalue weighted by Gasteiger charge is 2.58. The molecule has 0 unspecified atom stereocenters. The van der Waals surface area contributed by atoms with E-state index in [0.717, 1.165) is 47.6 Å². The Balaban J connectivity index is 1.44. The van der Waals surface area contributed by atoms with Gasteiger partial charge in [-0.1, -0.05) is 77.1 Å². The maximum atomic E-state index is 14.1. The number of imide groups is 1. The summed E-state index contributed by atoms with van der Waals surface area (Å²) >= 11 is 0. The van der Waals surface area contributed by atoms with E-state index in [-0.39, 0.29) is 37.7 Å². The number of piperidine rings is 1. The fourth-order valence-electron chi connectivity index (χ4n) is 8.47. The highest BCUT2D eigenvalue weighted by molar-refractivity contribution is 6.06. The number of hydrogen-bond acceptors (Lipinski definition) is 12. The molecule has 1 saturated heterocycles. The number of benzene rings is 3. The van der Waals surface area contributed by atoms with Crippen LogP contribution in [0.1, 0.15) is 92.4 Å². The summed E-state index contributed by atoms with van der Waals surface area (Å²) in [6.45, 7) is 13.5. The molecule has 3 atom stereocenters. The molecule has 16 heteroatoms. The van der Waals surface area contributed by atoms with E-state index >= 15 is 0 Å². The van der Waals surface area contributed by atoms with Gasteiger partial charge < -0.3 is 38.5 Å². The predicted molar refractivity (Wildman–Crippen MR) is 231 cm³/mol. The Bertz CT molecular complexity index is 1980. The molecule has 3 aromatic rings. The number of hydrogen-bond donors (Lipinski definition) is 2. The smallest absolute Gasteiger partial charge is 0.407 e. The van der Waals surface area contributed by atoms with Gasteiger partial charge in [-0.05, 0) is 71.2 Å². The minimum atomic E-state index is -1.24. The Kier molecular flexibility index (Phi) is 16.3. The molecule has 0 aliphatic carbocycles. The van der Waals surface area contributed by atoms with Crippen molar-refractivity contribution in [3.63, 3.8) is 0 Å². The molecule has 0 spiro atoms. The van der Waals surface area contributed by atoms with Crippen LogP contribution in [0.15, 0.2) is 66.7 Å². The van der Waals surface area contributed by atoms with E-state index in [1.165, 1.54) is 29.2 Å². The van der Waals surface area contributed by atoms with Crippen molar-refractivity contribution >= 4 is 23.6 Å². The molecule has 3 aromatic carbocycles. The second-order valence-corrected chi connectivity index (χ2v) is 17.6. The number of methoxy groups -OCH3 is 2. The lowest BCUT2D eigenvalue weighted by Gasteiger charge is -2.59. The molecule has 2 aliphatic heterocycles. The van der Waals surface area contributed by atoms with Crippen molar-refractivity contribution < 1.29 is 53.1 Å². The number of fused-ring (bicyclic) bond motifs is 1. The van der Waals surface area contributed by atoms with Gasteiger partial charge >= 0.3 is 6.09 Å². The molecule has 2 aliphatic rings. The van der Waals surface area contributed by atoms with Gasteiger partial charge in [0.15, 0.2) is 0 Å². The summed E-state index contributed by atoms with van der Waals surface area (Å²) in [7, 11) is 3.32. The summed E-state index contributed by atoms with van der Waals surface area (Å²) in [4.78, 5) is 59.7. The first kappa shape index (κ1) is 47.8. The zero-order valence-corrected chi connectivity index (χ0v) is 37.0. The number of nitrogens with one attached hydrogen (secondary N) is 1. The topological polar surface area (TPSA) is 188 Å². The van der Waals surface area contributed by atoms with Crippen LogP contribution in [0.3, 0.4) is 0 Å². The first-order valence-corrected chi connectivity index (χ1v) is 21.0. The molecule has 0 aromatic heterocycles. The van der Waals surface area contributed by atoms with Gasteiger partial charge in [-0.15, -0.1) is 10.1 Å². The second-order valence-electron chi connectivity index (χ2n) is 17.6. The van der Waals surface area contributed by atoms with Crippen LogP contribution in [0.4, 0.5) is 10.5 Å². The first-order valence-electron chi connectivity index (χ1n) is 21.0. The lowest BCUT2D eigenvalue weighted by atomic mass is 9.58. The van der Waals surface area contributed by atoms with E-state index in [0.29, 0.717) is 45.0 Å². The number of nitrogens with zero attached hydrogens (tertiary/aromatic N) is 3. The largest absolute Gasteiger partial charge is 0.490 e. The molecule has 5 rings (SSSR count). The van der Waals surface area contributed by atoms with E-state index < -0.39 is 45.5 Å². The highest BCUT2D eigenvalue weighted by Crippen LogP contribution is 2.53. The third-order valence-electron chi connectivity index (χ3n) is 12.0. The molecule has 2 heterocycles. The summed E-state index contributed by atoms with van der Waals surface area (Å²) in [5, 5.41) is 23.3. The van der Waals surface area contributed by atoms with Gasteiger partial charge in [0.1, 0.15) is 19.0 Å². The molecule has 3 amide bonds. The minimum absolute atomic E-state index is 0.0273. The summed E-state index contributed by atoms with van der Waals surface area (Å²) < 4.78 is 28.9. The standard InChI is InChI=1S/C46H62N4O12/c1-44(2,3)46(31-45(4,5)42(52)47-41(51)36-16-11-33(12-17-36)30-62-50(55)56)26-37(35-14-9-32(10-15-35)28-59-24-23-58-7)40(27-49(46)43(53)54)61-29-34-13-18-39-38(25-34)48(20-22-60-39)19-8-21-57-6/h9-18,25,37,40H,8,19-24,26-31H2,1-7H3,(H,53,54)(H,47,51,52)/t37-,40+,46-/m1/s1. The third kappa shape index (κ3) is 12.0. The average Bonchev–Trinajstić information content (AvgIpc) is 3.23. The van der Waals surface area contributed by atoms with Crippen LogP contribution in [0.5, 0.6) is 5.75 Å². The van der Waals surface area contributed by atoms with Gasteiger partial charge in [-0.3, -0.25) is 19.8 Å². The number of rotatable bonds is 20. The van der Waals surface area contributed by atoms with Gasteiger partial charge in [0, 0.05) is 44.3 Å². The van der Waals surface area contributed by atoms with E-state index in [2.05, 4.69) is 21.1 Å². The fraction of sp³-hybridized carbons (Fsp3) is 0.543. The van der Waals surface area contributed by atoms with Crippen LogP contribution in [0.2, 0.25) is 0 Å². The quantitative estimate of drug-likeness (QED) is 0.0672. The molecule has 16 nitrogen and oxygen atoms in total. The van der Waals surface area contributed by atoms with E-state index in [1.54, 1.807) is 28.1 Å². The lowest BCUT2D eigenvalue weighted by molar-refractivity contribution is -0.763. The van der Waals surface area contributed by atoms with Gasteiger partial charge in [0.2, 0.25) is 5.91 Å². The Morgan fingerprint density at radius 2 is 1.56 bits per heavy atom. The summed E-state index contributed by atoms with van der Waals surface area (Å²) in [6, 6.07) is 20.0. The normalized spacial score (nSPS) is 19.0. The number of anilines is 1. The number of carboxylic acid groups (broad SMARTS) is 1. The van der Waals surface area contributed by atoms with Gasteiger partial charge in [-0.25, -0.2) is 4.79 Å². The molecule has 338 valence electrons. The molecule has 0 saturated carbocycles. The number of likely N-dealkylation sites (tertiary alicyclic amines) is 1. The Labute approximate surface area is 363 Å². The Morgan fingerprint density at radius 1 is 0.903 bits per heavy atom. The van der Waals surface area contributed by atoms with Crippen molar-refractivity contribution in [1.29, 1.82) is 0 Å². The van der Waals surface area contributed by atoms with Crippen LogP contribution in [0.25, 0.3) is 0 Å². The van der Waals surface area contributed by atoms with Gasteiger partial charge in [0.05, 0.1) is 56.8 Å². The van der Waals surface area contributed by atoms with Crippen molar-refractivity contribution in [3.8, 4) is 5.75 Å². The predicted octanol–water partition coefficient (Wildman–Crippen LogP) is 7.00. The maximum Gasteiger partial charge on any atom is 0.407 e. The van der Waals surface area contributed by atoms with Crippen LogP contribution < -0.4 is 15.0 Å². The molecule has 62 heavy (non-hydrogen) atoms. The van der Waals surface area contributed by atoms with E-state index in [1.807, 2.05) is 57.2 Å². The highest BCUT2D eigenvalue weighted by atomic mass is 16.9. The minimum Gasteiger partial charge on any atom is -0.490 e. The molecule has 1 fully saturated rings. The summed E-state index contributed by atoms with van der Waals surface area (Å²) in [5.41, 5.74) is 1.44. The SMILES string of the molecule is COCCCN1CCOc2ccc(CO[C@H]3CN(C(=O)O)[C@](CC(C)(C)C(=O)NC(=O)c4ccc(CO[N+](=O)[O-])cc4)(C(C)(C)C)C[C@@H]3c3ccc(COCCOC)cc3)cc21. The number of carbonyl (C=O) groups is 3. The molecule has 0 bridgehead atoms. The van der Waals surface area contributed by atoms with E-state index in [4.69, 9.17) is 23.7 Å². The van der Waals surface area contributed by atoms with Crippen molar-refractivity contribution in [2.75, 3.05) is 65.2 Å². The zero-order chi connectivity index (χ0) is 45.1. The van der Waals surface area contributed by atoms with Crippen LogP contribution in [-0.2, 0) is 48.4 Å². The van der Waals surface area contributed by atoms with Crippen molar-refractivity contribution in [1.82, 2.24) is 10.2 Å². The van der Waals surface area contributed by atoms with E-state index in [9.17, 15) is 29.6 Å². The number of amides is 3. The lowest BCUT2D eigenvalue weighted by Crippen LogP contribution is -2.67. The maximum absolute atomic E-state index is 14.1. The van der Waals surface area contributed by atoms with Crippen molar-refractivity contribution in [2.24, 2.45) is 10.8 Å². The average molecular weight is 863 g/mol. The Morgan fingerprint density at radius 3 is 2.21 bits per heavy atom. The second kappa shape index (κ2) is 21.2. The third-order valence-corrected chi connectivity index (χ3v) is 12.0. The van der Waals surface area contributed by atoms with Gasteiger partial charge in [-0.2, -0.15) is 0 Å². The van der Waals surface area contributed by atoms with Crippen molar-refractivity contribution in [3.05, 3.63) is 105 Å². The molecular weight excluding hydrogens is 801 g/mol. The van der Waals surface area contributed by atoms with Crippen LogP contribution in [-0.4, -0.2) is 105 Å². The molecular formula is C46H62N4O12. The monoisotopic (exact) mass is 862 g/mol. The fourth-order valence-corrected chi connectivity index (χ4v) is 8.47. The summed E-state index contributed by atoms with van der Waals surface area (Å²) in [6.07, 6.45) is -0.424. The number of carbonyl (C=O) groups excluding carboxylic acids is 2.